The minimum absolute atomic E-state index is 0.0654. The SMILES string of the molecule is CC(C)(C)NCc1ccccc1Sc1nc(N)cc(N)n1. The van der Waals surface area contributed by atoms with Crippen LogP contribution in [0.4, 0.5) is 11.6 Å². The largest absolute Gasteiger partial charge is 0.383 e. The molecule has 1 heterocycles. The van der Waals surface area contributed by atoms with Crippen LogP contribution in [0.5, 0.6) is 0 Å². The lowest BCUT2D eigenvalue weighted by atomic mass is 10.1. The molecule has 0 atom stereocenters. The van der Waals surface area contributed by atoms with Crippen molar-refractivity contribution in [2.24, 2.45) is 0 Å². The van der Waals surface area contributed by atoms with Crippen LogP contribution in [-0.2, 0) is 6.54 Å². The number of nitrogens with one attached hydrogen (secondary N) is 1. The van der Waals surface area contributed by atoms with Crippen molar-refractivity contribution in [1.29, 1.82) is 0 Å². The van der Waals surface area contributed by atoms with E-state index in [-0.39, 0.29) is 5.54 Å². The predicted molar refractivity (Wildman–Crippen MR) is 88.0 cm³/mol. The maximum absolute atomic E-state index is 5.71. The fraction of sp³-hybridized carbons (Fsp3) is 0.333. The second kappa shape index (κ2) is 6.32. The fourth-order valence-corrected chi connectivity index (χ4v) is 2.63. The van der Waals surface area contributed by atoms with Crippen molar-refractivity contribution in [2.45, 2.75) is 42.9 Å². The Bertz CT molecular complexity index is 601. The van der Waals surface area contributed by atoms with Crippen molar-refractivity contribution < 1.29 is 0 Å². The van der Waals surface area contributed by atoms with Crippen molar-refractivity contribution in [3.05, 3.63) is 35.9 Å². The lowest BCUT2D eigenvalue weighted by Gasteiger charge is -2.21. The molecule has 0 fully saturated rings. The van der Waals surface area contributed by atoms with Gasteiger partial charge in [0.05, 0.1) is 0 Å². The molecule has 2 aromatic rings. The van der Waals surface area contributed by atoms with Gasteiger partial charge in [-0.3, -0.25) is 0 Å². The van der Waals surface area contributed by atoms with Gasteiger partial charge in [-0.2, -0.15) is 0 Å². The molecule has 0 aliphatic carbocycles. The zero-order valence-corrected chi connectivity index (χ0v) is 13.4. The van der Waals surface area contributed by atoms with Crippen LogP contribution >= 0.6 is 11.8 Å². The fourth-order valence-electron chi connectivity index (χ4n) is 1.72. The molecule has 6 heteroatoms. The number of hydrogen-bond donors (Lipinski definition) is 3. The molecule has 0 aliphatic rings. The van der Waals surface area contributed by atoms with Gasteiger partial charge in [0.15, 0.2) is 5.16 Å². The highest BCUT2D eigenvalue weighted by Crippen LogP contribution is 2.29. The Hall–Kier alpha value is -1.79. The normalized spacial score (nSPS) is 11.6. The minimum Gasteiger partial charge on any atom is -0.383 e. The third-order valence-electron chi connectivity index (χ3n) is 2.73. The summed E-state index contributed by atoms with van der Waals surface area (Å²) in [6.45, 7) is 7.21. The average Bonchev–Trinajstić information content (AvgIpc) is 2.35. The first-order valence-corrected chi connectivity index (χ1v) is 7.56. The van der Waals surface area contributed by atoms with Crippen LogP contribution in [0, 0.1) is 0 Å². The van der Waals surface area contributed by atoms with E-state index < -0.39 is 0 Å². The average molecular weight is 303 g/mol. The van der Waals surface area contributed by atoms with Crippen molar-refractivity contribution >= 4 is 23.4 Å². The Morgan fingerprint density at radius 2 is 1.71 bits per heavy atom. The monoisotopic (exact) mass is 303 g/mol. The van der Waals surface area contributed by atoms with Crippen LogP contribution in [-0.4, -0.2) is 15.5 Å². The van der Waals surface area contributed by atoms with Crippen LogP contribution in [0.15, 0.2) is 40.4 Å². The number of nitrogen functional groups attached to an aromatic ring is 2. The molecule has 0 spiro atoms. The molecule has 0 saturated carbocycles. The molecule has 0 unspecified atom stereocenters. The number of aromatic nitrogens is 2. The first kappa shape index (κ1) is 15.6. The first-order chi connectivity index (χ1) is 9.83. The number of nitrogens with zero attached hydrogens (tertiary/aromatic N) is 2. The van der Waals surface area contributed by atoms with Crippen molar-refractivity contribution in [1.82, 2.24) is 15.3 Å². The van der Waals surface area contributed by atoms with E-state index in [0.717, 1.165) is 11.4 Å². The van der Waals surface area contributed by atoms with Gasteiger partial charge in [0.1, 0.15) is 11.6 Å². The zero-order valence-electron chi connectivity index (χ0n) is 12.6. The second-order valence-electron chi connectivity index (χ2n) is 5.81. The summed E-state index contributed by atoms with van der Waals surface area (Å²) in [7, 11) is 0. The van der Waals surface area contributed by atoms with Crippen LogP contribution < -0.4 is 16.8 Å². The lowest BCUT2D eigenvalue weighted by molar-refractivity contribution is 0.422. The Morgan fingerprint density at radius 3 is 2.33 bits per heavy atom. The van der Waals surface area contributed by atoms with Gasteiger partial charge in [0.2, 0.25) is 0 Å². The van der Waals surface area contributed by atoms with Gasteiger partial charge >= 0.3 is 0 Å². The van der Waals surface area contributed by atoms with Crippen LogP contribution in [0.2, 0.25) is 0 Å². The van der Waals surface area contributed by atoms with Gasteiger partial charge in [-0.25, -0.2) is 9.97 Å². The first-order valence-electron chi connectivity index (χ1n) is 6.74. The maximum atomic E-state index is 5.71. The molecule has 21 heavy (non-hydrogen) atoms. The maximum Gasteiger partial charge on any atom is 0.196 e. The Balaban J connectivity index is 2.20. The number of benzene rings is 1. The molecule has 0 radical (unpaired) electrons. The molecule has 112 valence electrons. The Labute approximate surface area is 129 Å². The highest BCUT2D eigenvalue weighted by Gasteiger charge is 2.12. The molecular formula is C15H21N5S. The highest BCUT2D eigenvalue weighted by molar-refractivity contribution is 7.99. The molecule has 0 bridgehead atoms. The molecule has 1 aromatic heterocycles. The molecule has 5 nitrogen and oxygen atoms in total. The lowest BCUT2D eigenvalue weighted by Crippen LogP contribution is -2.35. The quantitative estimate of drug-likeness (QED) is 0.752. The minimum atomic E-state index is 0.0654. The topological polar surface area (TPSA) is 89.8 Å². The molecule has 2 rings (SSSR count). The van der Waals surface area contributed by atoms with E-state index >= 15 is 0 Å². The summed E-state index contributed by atoms with van der Waals surface area (Å²) in [6, 6.07) is 9.72. The van der Waals surface area contributed by atoms with Crippen molar-refractivity contribution in [2.75, 3.05) is 11.5 Å². The number of anilines is 2. The molecular weight excluding hydrogens is 282 g/mol. The molecule has 0 saturated heterocycles. The smallest absolute Gasteiger partial charge is 0.196 e. The number of nitrogens with two attached hydrogens (primary N) is 2. The van der Waals surface area contributed by atoms with E-state index in [1.54, 1.807) is 6.07 Å². The number of rotatable bonds is 4. The molecule has 1 aromatic carbocycles. The van der Waals surface area contributed by atoms with Gasteiger partial charge in [-0.05, 0) is 44.2 Å². The van der Waals surface area contributed by atoms with E-state index in [4.69, 9.17) is 11.5 Å². The van der Waals surface area contributed by atoms with Crippen molar-refractivity contribution in [3.63, 3.8) is 0 Å². The highest BCUT2D eigenvalue weighted by atomic mass is 32.2. The summed E-state index contributed by atoms with van der Waals surface area (Å²) < 4.78 is 0. The summed E-state index contributed by atoms with van der Waals surface area (Å²) in [5, 5.41) is 4.05. The van der Waals surface area contributed by atoms with Gasteiger partial charge in [-0.15, -0.1) is 0 Å². The third-order valence-corrected chi connectivity index (χ3v) is 3.71. The van der Waals surface area contributed by atoms with Crippen molar-refractivity contribution in [3.8, 4) is 0 Å². The van der Waals surface area contributed by atoms with Crippen LogP contribution in [0.25, 0.3) is 0 Å². The van der Waals surface area contributed by atoms with Crippen LogP contribution in [0.1, 0.15) is 26.3 Å². The standard InChI is InChI=1S/C15H21N5S/c1-15(2,3)18-9-10-6-4-5-7-11(10)21-14-19-12(16)8-13(17)20-14/h4-8,18H,9H2,1-3H3,(H4,16,17,19,20). The van der Waals surface area contributed by atoms with Gasteiger partial charge in [0.25, 0.3) is 0 Å². The predicted octanol–water partition coefficient (Wildman–Crippen LogP) is 2.68. The summed E-state index contributed by atoms with van der Waals surface area (Å²) in [6.07, 6.45) is 0. The second-order valence-corrected chi connectivity index (χ2v) is 6.82. The van der Waals surface area contributed by atoms with Gasteiger partial charge < -0.3 is 16.8 Å². The van der Waals surface area contributed by atoms with E-state index in [1.807, 2.05) is 18.2 Å². The summed E-state index contributed by atoms with van der Waals surface area (Å²) in [5.41, 5.74) is 12.7. The Morgan fingerprint density at radius 1 is 1.10 bits per heavy atom. The van der Waals surface area contributed by atoms with E-state index in [9.17, 15) is 0 Å². The van der Waals surface area contributed by atoms with E-state index in [2.05, 4.69) is 42.1 Å². The molecule has 0 amide bonds. The van der Waals surface area contributed by atoms with E-state index in [1.165, 1.54) is 17.3 Å². The van der Waals surface area contributed by atoms with Crippen LogP contribution in [0.3, 0.4) is 0 Å². The van der Waals surface area contributed by atoms with Gasteiger partial charge in [0, 0.05) is 23.0 Å². The number of hydrogen-bond acceptors (Lipinski definition) is 6. The Kier molecular flexibility index (Phi) is 4.69. The zero-order chi connectivity index (χ0) is 15.5. The van der Waals surface area contributed by atoms with Gasteiger partial charge in [-0.1, -0.05) is 18.2 Å². The summed E-state index contributed by atoms with van der Waals surface area (Å²) >= 11 is 1.47. The van der Waals surface area contributed by atoms with E-state index in [0.29, 0.717) is 16.8 Å². The summed E-state index contributed by atoms with van der Waals surface area (Å²) in [5.74, 6) is 0.769. The third kappa shape index (κ3) is 4.91. The molecule has 0 aliphatic heterocycles. The molecule has 5 N–H and O–H groups in total. The summed E-state index contributed by atoms with van der Waals surface area (Å²) in [4.78, 5) is 9.51.